The number of nitrogens with one attached hydrogen (secondary N) is 1. The highest BCUT2D eigenvalue weighted by Gasteiger charge is 2.22. The Morgan fingerprint density at radius 3 is 2.46 bits per heavy atom. The highest BCUT2D eigenvalue weighted by atomic mass is 35.5. The van der Waals surface area contributed by atoms with E-state index in [-0.39, 0.29) is 5.82 Å². The zero-order valence-electron chi connectivity index (χ0n) is 15.1. The minimum atomic E-state index is -0.394. The topological polar surface area (TPSA) is 51.0 Å². The fraction of sp³-hybridized carbons (Fsp3) is 0.0909. The number of hydrogen-bond acceptors (Lipinski definition) is 4. The molecule has 3 aromatic carbocycles. The molecule has 0 amide bonds. The van der Waals surface area contributed by atoms with Crippen molar-refractivity contribution in [1.82, 2.24) is 10.2 Å². The summed E-state index contributed by atoms with van der Waals surface area (Å²) in [6.45, 7) is 1.84. The second-order valence-corrected chi connectivity index (χ2v) is 6.78. The highest BCUT2D eigenvalue weighted by Crippen LogP contribution is 2.31. The van der Waals surface area contributed by atoms with Gasteiger partial charge < -0.3 is 9.73 Å². The molecule has 28 heavy (non-hydrogen) atoms. The first kappa shape index (κ1) is 18.2. The van der Waals surface area contributed by atoms with E-state index in [9.17, 15) is 4.39 Å². The molecular formula is C22H17ClFN3O. The zero-order valence-corrected chi connectivity index (χ0v) is 15.8. The van der Waals surface area contributed by atoms with Crippen LogP contribution in [0.2, 0.25) is 5.02 Å². The van der Waals surface area contributed by atoms with Crippen LogP contribution in [0.1, 0.15) is 23.1 Å². The third kappa shape index (κ3) is 3.75. The van der Waals surface area contributed by atoms with Gasteiger partial charge in [-0.25, -0.2) is 4.39 Å². The van der Waals surface area contributed by atoms with Crippen LogP contribution in [0.25, 0.3) is 11.5 Å². The average Bonchev–Trinajstić information content (AvgIpc) is 3.18. The van der Waals surface area contributed by atoms with E-state index in [2.05, 4.69) is 15.5 Å². The molecule has 1 atom stereocenters. The summed E-state index contributed by atoms with van der Waals surface area (Å²) >= 11 is 6.25. The molecule has 4 rings (SSSR count). The van der Waals surface area contributed by atoms with Gasteiger partial charge in [0.2, 0.25) is 11.8 Å². The number of aryl methyl sites for hydroxylation is 1. The molecule has 0 aliphatic carbocycles. The summed E-state index contributed by atoms with van der Waals surface area (Å²) in [7, 11) is 0. The number of benzene rings is 3. The molecule has 1 heterocycles. The molecule has 1 N–H and O–H groups in total. The van der Waals surface area contributed by atoms with E-state index < -0.39 is 6.04 Å². The van der Waals surface area contributed by atoms with Crippen LogP contribution in [0.3, 0.4) is 0 Å². The monoisotopic (exact) mass is 393 g/mol. The van der Waals surface area contributed by atoms with Gasteiger partial charge in [0, 0.05) is 5.69 Å². The van der Waals surface area contributed by atoms with Crippen molar-refractivity contribution in [1.29, 1.82) is 0 Å². The zero-order chi connectivity index (χ0) is 19.5. The van der Waals surface area contributed by atoms with E-state index in [0.717, 1.165) is 16.8 Å². The molecule has 4 aromatic rings. The van der Waals surface area contributed by atoms with Crippen LogP contribution in [-0.4, -0.2) is 10.2 Å². The Balaban J connectivity index is 1.73. The van der Waals surface area contributed by atoms with Crippen LogP contribution in [0.5, 0.6) is 0 Å². The molecule has 0 unspecified atom stereocenters. The number of nitrogens with zero attached hydrogens (tertiary/aromatic N) is 2. The lowest BCUT2D eigenvalue weighted by Gasteiger charge is -2.18. The summed E-state index contributed by atoms with van der Waals surface area (Å²) in [6.07, 6.45) is 0. The van der Waals surface area contributed by atoms with Crippen molar-refractivity contribution in [3.63, 3.8) is 0 Å². The Kier molecular flexibility index (Phi) is 5.08. The van der Waals surface area contributed by atoms with Gasteiger partial charge in [-0.1, -0.05) is 54.1 Å². The van der Waals surface area contributed by atoms with Gasteiger partial charge in [0.1, 0.15) is 11.9 Å². The van der Waals surface area contributed by atoms with Crippen molar-refractivity contribution in [2.24, 2.45) is 0 Å². The summed E-state index contributed by atoms with van der Waals surface area (Å²) < 4.78 is 19.4. The lowest BCUT2D eigenvalue weighted by Crippen LogP contribution is -2.13. The van der Waals surface area contributed by atoms with Crippen molar-refractivity contribution < 1.29 is 8.81 Å². The largest absolute Gasteiger partial charge is 0.418 e. The van der Waals surface area contributed by atoms with E-state index in [0.29, 0.717) is 22.4 Å². The number of rotatable bonds is 5. The van der Waals surface area contributed by atoms with Crippen LogP contribution in [0, 0.1) is 12.7 Å². The summed E-state index contributed by atoms with van der Waals surface area (Å²) in [5.74, 6) is 0.460. The molecule has 0 radical (unpaired) electrons. The number of hydrogen-bond donors (Lipinski definition) is 1. The van der Waals surface area contributed by atoms with Gasteiger partial charge in [-0.05, 0) is 48.4 Å². The molecule has 0 saturated carbocycles. The molecule has 4 nitrogen and oxygen atoms in total. The van der Waals surface area contributed by atoms with Crippen LogP contribution < -0.4 is 5.32 Å². The number of anilines is 1. The van der Waals surface area contributed by atoms with Crippen LogP contribution in [0.4, 0.5) is 10.1 Å². The fourth-order valence-electron chi connectivity index (χ4n) is 2.97. The van der Waals surface area contributed by atoms with E-state index in [1.54, 1.807) is 12.1 Å². The first-order chi connectivity index (χ1) is 13.6. The quantitative estimate of drug-likeness (QED) is 0.449. The van der Waals surface area contributed by atoms with Crippen molar-refractivity contribution in [3.8, 4) is 11.5 Å². The summed E-state index contributed by atoms with van der Waals surface area (Å²) in [4.78, 5) is 0. The van der Waals surface area contributed by atoms with Crippen molar-refractivity contribution in [2.75, 3.05) is 5.32 Å². The number of halogens is 2. The van der Waals surface area contributed by atoms with E-state index >= 15 is 0 Å². The standard InChI is InChI=1S/C22H17ClFN3O/c1-14-13-16(24)11-12-19(14)25-20(15-7-3-2-4-8-15)22-27-26-21(28-22)17-9-5-6-10-18(17)23/h2-13,20,25H,1H3/t20-/m1/s1. The fourth-order valence-corrected chi connectivity index (χ4v) is 3.19. The van der Waals surface area contributed by atoms with Gasteiger partial charge >= 0.3 is 0 Å². The summed E-state index contributed by atoms with van der Waals surface area (Å²) in [6, 6.07) is 21.3. The van der Waals surface area contributed by atoms with Crippen molar-refractivity contribution in [2.45, 2.75) is 13.0 Å². The third-order valence-electron chi connectivity index (χ3n) is 4.41. The molecule has 1 aromatic heterocycles. The lowest BCUT2D eigenvalue weighted by molar-refractivity contribution is 0.494. The first-order valence-electron chi connectivity index (χ1n) is 8.78. The van der Waals surface area contributed by atoms with Gasteiger partial charge in [0.15, 0.2) is 0 Å². The van der Waals surface area contributed by atoms with Crippen LogP contribution in [-0.2, 0) is 0 Å². The molecule has 0 aliphatic rings. The van der Waals surface area contributed by atoms with E-state index in [1.807, 2.05) is 55.5 Å². The van der Waals surface area contributed by atoms with E-state index in [1.165, 1.54) is 12.1 Å². The Labute approximate surface area is 167 Å². The molecule has 0 bridgehead atoms. The van der Waals surface area contributed by atoms with Crippen molar-refractivity contribution >= 4 is 17.3 Å². The smallest absolute Gasteiger partial charge is 0.249 e. The van der Waals surface area contributed by atoms with Crippen LogP contribution >= 0.6 is 11.6 Å². The number of aromatic nitrogens is 2. The average molecular weight is 394 g/mol. The van der Waals surface area contributed by atoms with Crippen LogP contribution in [0.15, 0.2) is 77.2 Å². The van der Waals surface area contributed by atoms with Gasteiger partial charge in [-0.2, -0.15) is 0 Å². The van der Waals surface area contributed by atoms with Gasteiger partial charge in [0.25, 0.3) is 0 Å². The maximum absolute atomic E-state index is 13.5. The molecule has 6 heteroatoms. The third-order valence-corrected chi connectivity index (χ3v) is 4.74. The Morgan fingerprint density at radius 1 is 0.964 bits per heavy atom. The van der Waals surface area contributed by atoms with Gasteiger partial charge in [0.05, 0.1) is 10.6 Å². The Bertz CT molecular complexity index is 1100. The molecule has 140 valence electrons. The molecule has 0 aliphatic heterocycles. The predicted octanol–water partition coefficient (Wildman–Crippen LogP) is 6.04. The molecule has 0 spiro atoms. The minimum Gasteiger partial charge on any atom is -0.418 e. The van der Waals surface area contributed by atoms with Crippen molar-refractivity contribution in [3.05, 3.63) is 101 Å². The maximum Gasteiger partial charge on any atom is 0.249 e. The minimum absolute atomic E-state index is 0.280. The summed E-state index contributed by atoms with van der Waals surface area (Å²) in [5.41, 5.74) is 3.19. The van der Waals surface area contributed by atoms with Gasteiger partial charge in [-0.15, -0.1) is 10.2 Å². The molecule has 0 fully saturated rings. The molecular weight excluding hydrogens is 377 g/mol. The second kappa shape index (κ2) is 7.82. The first-order valence-corrected chi connectivity index (χ1v) is 9.15. The summed E-state index contributed by atoms with van der Waals surface area (Å²) in [5, 5.41) is 12.3. The Hall–Kier alpha value is -3.18. The SMILES string of the molecule is Cc1cc(F)ccc1N[C@H](c1ccccc1)c1nnc(-c2ccccc2Cl)o1. The lowest BCUT2D eigenvalue weighted by atomic mass is 10.1. The second-order valence-electron chi connectivity index (χ2n) is 6.37. The van der Waals surface area contributed by atoms with E-state index in [4.69, 9.17) is 16.0 Å². The Morgan fingerprint density at radius 2 is 1.71 bits per heavy atom. The van der Waals surface area contributed by atoms with Gasteiger partial charge in [-0.3, -0.25) is 0 Å². The predicted molar refractivity (Wildman–Crippen MR) is 108 cm³/mol. The maximum atomic E-state index is 13.5. The highest BCUT2D eigenvalue weighted by molar-refractivity contribution is 6.33. The normalized spacial score (nSPS) is 12.0. The molecule has 0 saturated heterocycles.